The second kappa shape index (κ2) is 1.99. The van der Waals surface area contributed by atoms with E-state index in [1.165, 1.54) is 0 Å². The van der Waals surface area contributed by atoms with Crippen LogP contribution in [0.4, 0.5) is 0 Å². The van der Waals surface area contributed by atoms with Crippen molar-refractivity contribution in [1.82, 2.24) is 5.32 Å². The summed E-state index contributed by atoms with van der Waals surface area (Å²) in [5.74, 6) is -0.0220. The Labute approximate surface area is 54.4 Å². The lowest BCUT2D eigenvalue weighted by Gasteiger charge is -2.30. The third-order valence-electron chi connectivity index (χ3n) is 1.17. The molecule has 0 spiro atoms. The van der Waals surface area contributed by atoms with E-state index in [2.05, 4.69) is 5.32 Å². The maximum absolute atomic E-state index is 10.6. The summed E-state index contributed by atoms with van der Waals surface area (Å²) >= 11 is 0. The van der Waals surface area contributed by atoms with Gasteiger partial charge >= 0.3 is 0 Å². The van der Waals surface area contributed by atoms with E-state index in [0.29, 0.717) is 6.61 Å². The van der Waals surface area contributed by atoms with Gasteiger partial charge < -0.3 is 10.1 Å². The lowest BCUT2D eigenvalue weighted by Crippen LogP contribution is -2.52. The van der Waals surface area contributed by atoms with Crippen molar-refractivity contribution < 1.29 is 9.53 Å². The first-order valence-corrected chi connectivity index (χ1v) is 2.99. The fraction of sp³-hybridized carbons (Fsp3) is 0.833. The molecule has 0 atom stereocenters. The second-order valence-corrected chi connectivity index (χ2v) is 2.92. The smallest absolute Gasteiger partial charge is 0.246 e. The molecule has 0 aromatic rings. The standard InChI is InChI=1S/C6H11NO2/c1-6(2)4-9-3-5(8)7-6/h3-4H2,1-2H3,(H,7,8). The van der Waals surface area contributed by atoms with E-state index in [-0.39, 0.29) is 18.1 Å². The Morgan fingerprint density at radius 1 is 1.67 bits per heavy atom. The lowest BCUT2D eigenvalue weighted by molar-refractivity contribution is -0.134. The van der Waals surface area contributed by atoms with E-state index >= 15 is 0 Å². The van der Waals surface area contributed by atoms with Crippen molar-refractivity contribution in [1.29, 1.82) is 0 Å². The quantitative estimate of drug-likeness (QED) is 0.496. The summed E-state index contributed by atoms with van der Waals surface area (Å²) < 4.78 is 4.98. The summed E-state index contributed by atoms with van der Waals surface area (Å²) in [4.78, 5) is 10.6. The highest BCUT2D eigenvalue weighted by molar-refractivity contribution is 5.78. The molecule has 1 fully saturated rings. The first kappa shape index (κ1) is 6.55. The number of amides is 1. The minimum Gasteiger partial charge on any atom is -0.369 e. The molecule has 0 aliphatic carbocycles. The molecule has 0 aromatic carbocycles. The molecule has 3 nitrogen and oxygen atoms in total. The number of morpholine rings is 1. The largest absolute Gasteiger partial charge is 0.369 e. The Hall–Kier alpha value is -0.570. The van der Waals surface area contributed by atoms with Crippen molar-refractivity contribution in [2.24, 2.45) is 0 Å². The summed E-state index contributed by atoms with van der Waals surface area (Å²) in [6.45, 7) is 4.69. The van der Waals surface area contributed by atoms with Gasteiger partial charge in [0.25, 0.3) is 0 Å². The molecule has 0 unspecified atom stereocenters. The highest BCUT2D eigenvalue weighted by Crippen LogP contribution is 2.05. The van der Waals surface area contributed by atoms with Gasteiger partial charge in [0.2, 0.25) is 5.91 Å². The van der Waals surface area contributed by atoms with E-state index in [1.807, 2.05) is 13.8 Å². The zero-order valence-corrected chi connectivity index (χ0v) is 5.73. The zero-order chi connectivity index (χ0) is 6.91. The maximum Gasteiger partial charge on any atom is 0.246 e. The predicted molar refractivity (Wildman–Crippen MR) is 33.0 cm³/mol. The topological polar surface area (TPSA) is 38.3 Å². The van der Waals surface area contributed by atoms with Crippen molar-refractivity contribution in [2.45, 2.75) is 19.4 Å². The average Bonchev–Trinajstić information content (AvgIpc) is 1.60. The van der Waals surface area contributed by atoms with Crippen LogP contribution in [0.3, 0.4) is 0 Å². The lowest BCUT2D eigenvalue weighted by atomic mass is 10.1. The molecule has 1 saturated heterocycles. The van der Waals surface area contributed by atoms with Gasteiger partial charge in [-0.15, -0.1) is 0 Å². The fourth-order valence-electron chi connectivity index (χ4n) is 0.848. The van der Waals surface area contributed by atoms with Crippen LogP contribution in [0.15, 0.2) is 0 Å². The molecule has 3 heteroatoms. The molecular weight excluding hydrogens is 118 g/mol. The van der Waals surface area contributed by atoms with E-state index in [1.54, 1.807) is 0 Å². The summed E-state index contributed by atoms with van der Waals surface area (Å²) in [6, 6.07) is 0. The molecule has 52 valence electrons. The molecule has 1 N–H and O–H groups in total. The van der Waals surface area contributed by atoms with Crippen molar-refractivity contribution in [3.63, 3.8) is 0 Å². The van der Waals surface area contributed by atoms with Crippen LogP contribution in [0.5, 0.6) is 0 Å². The summed E-state index contributed by atoms with van der Waals surface area (Å²) in [7, 11) is 0. The highest BCUT2D eigenvalue weighted by Gasteiger charge is 2.25. The van der Waals surface area contributed by atoms with Gasteiger partial charge in [0.1, 0.15) is 6.61 Å². The van der Waals surface area contributed by atoms with Gasteiger partial charge in [0.05, 0.1) is 12.1 Å². The molecule has 1 rings (SSSR count). The summed E-state index contributed by atoms with van der Waals surface area (Å²) in [5, 5.41) is 2.79. The third-order valence-corrected chi connectivity index (χ3v) is 1.17. The van der Waals surface area contributed by atoms with E-state index in [4.69, 9.17) is 4.74 Å². The summed E-state index contributed by atoms with van der Waals surface area (Å²) in [6.07, 6.45) is 0. The predicted octanol–water partition coefficient (Wildman–Crippen LogP) is -0.0886. The van der Waals surface area contributed by atoms with Gasteiger partial charge in [-0.2, -0.15) is 0 Å². The number of rotatable bonds is 0. The van der Waals surface area contributed by atoms with Crippen LogP contribution in [0.25, 0.3) is 0 Å². The molecule has 0 aromatic heterocycles. The van der Waals surface area contributed by atoms with Gasteiger partial charge in [-0.05, 0) is 13.8 Å². The number of carbonyl (C=O) groups excluding carboxylic acids is 1. The fourth-order valence-corrected chi connectivity index (χ4v) is 0.848. The molecule has 9 heavy (non-hydrogen) atoms. The van der Waals surface area contributed by atoms with Gasteiger partial charge in [0, 0.05) is 0 Å². The Bertz CT molecular complexity index is 131. The van der Waals surface area contributed by atoms with E-state index in [0.717, 1.165) is 0 Å². The zero-order valence-electron chi connectivity index (χ0n) is 5.73. The van der Waals surface area contributed by atoms with Crippen LogP contribution < -0.4 is 5.32 Å². The molecule has 1 heterocycles. The van der Waals surface area contributed by atoms with Crippen molar-refractivity contribution in [3.05, 3.63) is 0 Å². The minimum absolute atomic E-state index is 0.0220. The van der Waals surface area contributed by atoms with Crippen LogP contribution in [0, 0.1) is 0 Å². The number of hydrogen-bond donors (Lipinski definition) is 1. The van der Waals surface area contributed by atoms with Gasteiger partial charge in [-0.1, -0.05) is 0 Å². The number of carbonyl (C=O) groups is 1. The molecule has 1 aliphatic heterocycles. The molecule has 0 radical (unpaired) electrons. The Kier molecular flexibility index (Phi) is 1.45. The molecular formula is C6H11NO2. The Morgan fingerprint density at radius 2 is 2.33 bits per heavy atom. The monoisotopic (exact) mass is 129 g/mol. The molecule has 0 saturated carbocycles. The van der Waals surface area contributed by atoms with Crippen molar-refractivity contribution in [2.75, 3.05) is 13.2 Å². The van der Waals surface area contributed by atoms with Crippen LogP contribution >= 0.6 is 0 Å². The molecule has 0 bridgehead atoms. The van der Waals surface area contributed by atoms with Crippen LogP contribution in [0.2, 0.25) is 0 Å². The second-order valence-electron chi connectivity index (χ2n) is 2.92. The SMILES string of the molecule is CC1(C)COCC(=O)N1. The van der Waals surface area contributed by atoms with Gasteiger partial charge in [0.15, 0.2) is 0 Å². The van der Waals surface area contributed by atoms with Crippen LogP contribution in [0.1, 0.15) is 13.8 Å². The first-order chi connectivity index (χ1) is 4.10. The number of nitrogens with one attached hydrogen (secondary N) is 1. The van der Waals surface area contributed by atoms with Crippen molar-refractivity contribution >= 4 is 5.91 Å². The van der Waals surface area contributed by atoms with Gasteiger partial charge in [-0.25, -0.2) is 0 Å². The van der Waals surface area contributed by atoms with Gasteiger partial charge in [-0.3, -0.25) is 4.79 Å². The number of hydrogen-bond acceptors (Lipinski definition) is 2. The molecule has 1 aliphatic rings. The van der Waals surface area contributed by atoms with Crippen LogP contribution in [-0.4, -0.2) is 24.7 Å². The van der Waals surface area contributed by atoms with Crippen LogP contribution in [-0.2, 0) is 9.53 Å². The summed E-state index contributed by atoms with van der Waals surface area (Å²) in [5.41, 5.74) is -0.171. The van der Waals surface area contributed by atoms with E-state index < -0.39 is 0 Å². The number of ether oxygens (including phenoxy) is 1. The Balaban J connectivity index is 2.51. The third kappa shape index (κ3) is 1.68. The minimum atomic E-state index is -0.171. The normalized spacial score (nSPS) is 25.3. The molecule has 1 amide bonds. The highest BCUT2D eigenvalue weighted by atomic mass is 16.5. The maximum atomic E-state index is 10.6. The van der Waals surface area contributed by atoms with E-state index in [9.17, 15) is 4.79 Å². The Morgan fingerprint density at radius 3 is 2.67 bits per heavy atom. The van der Waals surface area contributed by atoms with Crippen molar-refractivity contribution in [3.8, 4) is 0 Å². The first-order valence-electron chi connectivity index (χ1n) is 2.99. The average molecular weight is 129 g/mol.